The van der Waals surface area contributed by atoms with Crippen LogP contribution in [0.15, 0.2) is 48.2 Å². The number of amides is 1. The van der Waals surface area contributed by atoms with Crippen LogP contribution in [0.4, 0.5) is 10.1 Å². The van der Waals surface area contributed by atoms with Gasteiger partial charge in [-0.1, -0.05) is 50.6 Å². The zero-order chi connectivity index (χ0) is 32.4. The van der Waals surface area contributed by atoms with Gasteiger partial charge in [0.1, 0.15) is 24.4 Å². The van der Waals surface area contributed by atoms with E-state index in [1.54, 1.807) is 10.9 Å². The number of nitrogens with zero attached hydrogens (tertiary/aromatic N) is 4. The molecule has 0 spiro atoms. The number of esters is 1. The summed E-state index contributed by atoms with van der Waals surface area (Å²) in [6.45, 7) is 12.3. The van der Waals surface area contributed by atoms with Crippen LogP contribution in [0.25, 0.3) is 0 Å². The molecule has 1 amide bonds. The topological polar surface area (TPSA) is 111 Å². The average molecular weight is 619 g/mol. The molecule has 2 heterocycles. The molecule has 1 aliphatic heterocycles. The summed E-state index contributed by atoms with van der Waals surface area (Å²) in [5.41, 5.74) is 3.11. The van der Waals surface area contributed by atoms with E-state index in [0.717, 1.165) is 25.2 Å². The number of allylic oxidation sites excluding steroid dienone is 2. The fraction of sp³-hybridized carbons (Fsp3) is 0.543. The van der Waals surface area contributed by atoms with Crippen molar-refractivity contribution in [3.05, 3.63) is 65.3 Å². The van der Waals surface area contributed by atoms with E-state index >= 15 is 0 Å². The third-order valence-electron chi connectivity index (χ3n) is 10.4. The van der Waals surface area contributed by atoms with Gasteiger partial charge in [0.05, 0.1) is 23.9 Å². The highest BCUT2D eigenvalue weighted by molar-refractivity contribution is 6.52. The summed E-state index contributed by atoms with van der Waals surface area (Å²) in [4.78, 5) is 50.3. The molecule has 0 saturated heterocycles. The van der Waals surface area contributed by atoms with Gasteiger partial charge in [-0.2, -0.15) is 0 Å². The number of aldehydes is 1. The molecule has 2 saturated carbocycles. The van der Waals surface area contributed by atoms with Crippen LogP contribution in [-0.4, -0.2) is 45.5 Å². The molecular formula is C35H43FN4O5. The lowest BCUT2D eigenvalue weighted by Crippen LogP contribution is -2.49. The fourth-order valence-corrected chi connectivity index (χ4v) is 8.07. The standard InChI is InChI=1S/C35H43FN4O5/c1-23-8-13-30-34(2,3)14-7-15-35(30,4)28(23)11-9-24(21-41)18-31(42)45-22-26-20-39(38-37-26)16-5-6-17-40-29-12-10-25(36)19-27(29)32(43)33(40)44/h9-10,12,19-21,28,30H,1,5-8,11,13-18,22H2,2-4H3/b24-9+/t28-,30-,35+/m0/s1. The minimum atomic E-state index is -0.693. The molecule has 2 fully saturated rings. The molecule has 0 radical (unpaired) electrons. The van der Waals surface area contributed by atoms with Crippen LogP contribution >= 0.6 is 0 Å². The molecule has 0 bridgehead atoms. The lowest BCUT2D eigenvalue weighted by molar-refractivity contribution is -0.144. The second kappa shape index (κ2) is 13.2. The number of hydrogen-bond acceptors (Lipinski definition) is 7. The number of benzene rings is 1. The largest absolute Gasteiger partial charge is 0.459 e. The molecule has 1 aromatic carbocycles. The Hall–Kier alpha value is -3.95. The van der Waals surface area contributed by atoms with Crippen LogP contribution in [0.3, 0.4) is 0 Å². The summed E-state index contributed by atoms with van der Waals surface area (Å²) in [6.07, 6.45) is 11.9. The van der Waals surface area contributed by atoms with Crippen LogP contribution in [0.2, 0.25) is 0 Å². The second-order valence-electron chi connectivity index (χ2n) is 13.7. The van der Waals surface area contributed by atoms with Crippen LogP contribution in [0.5, 0.6) is 0 Å². The minimum Gasteiger partial charge on any atom is -0.459 e. The van der Waals surface area contributed by atoms with Gasteiger partial charge in [0.2, 0.25) is 0 Å². The van der Waals surface area contributed by atoms with E-state index in [0.29, 0.717) is 60.6 Å². The zero-order valence-electron chi connectivity index (χ0n) is 26.5. The molecule has 3 aliphatic rings. The van der Waals surface area contributed by atoms with Crippen molar-refractivity contribution in [2.24, 2.45) is 22.7 Å². The van der Waals surface area contributed by atoms with Crippen molar-refractivity contribution < 1.29 is 28.3 Å². The maximum Gasteiger partial charge on any atom is 0.310 e. The molecule has 10 heteroatoms. The predicted molar refractivity (Wildman–Crippen MR) is 167 cm³/mol. The van der Waals surface area contributed by atoms with Gasteiger partial charge in [-0.25, -0.2) is 4.39 Å². The number of hydrogen-bond donors (Lipinski definition) is 0. The van der Waals surface area contributed by atoms with Crippen LogP contribution in [0, 0.1) is 28.5 Å². The number of Topliss-reactive ketones (excluding diaryl/α,β-unsaturated/α-hetero) is 1. The minimum absolute atomic E-state index is 0.0586. The molecule has 2 aromatic rings. The number of ether oxygens (including phenoxy) is 1. The molecule has 9 nitrogen and oxygen atoms in total. The summed E-state index contributed by atoms with van der Waals surface area (Å²) < 4.78 is 20.5. The van der Waals surface area contributed by atoms with Gasteiger partial charge >= 0.3 is 5.97 Å². The Kier molecular flexibility index (Phi) is 9.51. The summed E-state index contributed by atoms with van der Waals surface area (Å²) in [5.74, 6) is -1.49. The van der Waals surface area contributed by atoms with Crippen LogP contribution < -0.4 is 4.90 Å². The third-order valence-corrected chi connectivity index (χ3v) is 10.4. The first-order valence-electron chi connectivity index (χ1n) is 15.9. The van der Waals surface area contributed by atoms with E-state index in [2.05, 4.69) is 37.7 Å². The molecule has 1 aromatic heterocycles. The molecular weight excluding hydrogens is 575 g/mol. The van der Waals surface area contributed by atoms with Gasteiger partial charge in [-0.3, -0.25) is 23.9 Å². The van der Waals surface area contributed by atoms with E-state index in [4.69, 9.17) is 4.74 Å². The van der Waals surface area contributed by atoms with Crippen molar-refractivity contribution >= 4 is 29.6 Å². The highest BCUT2D eigenvalue weighted by Crippen LogP contribution is 2.61. The number of fused-ring (bicyclic) bond motifs is 2. The zero-order valence-corrected chi connectivity index (χ0v) is 26.5. The Balaban J connectivity index is 1.07. The Morgan fingerprint density at radius 2 is 1.96 bits per heavy atom. The summed E-state index contributed by atoms with van der Waals surface area (Å²) in [7, 11) is 0. The fourth-order valence-electron chi connectivity index (χ4n) is 8.07. The molecule has 45 heavy (non-hydrogen) atoms. The highest BCUT2D eigenvalue weighted by atomic mass is 19.1. The van der Waals surface area contributed by atoms with E-state index in [1.807, 2.05) is 6.08 Å². The number of anilines is 1. The van der Waals surface area contributed by atoms with Gasteiger partial charge in [0.25, 0.3) is 11.7 Å². The van der Waals surface area contributed by atoms with Crippen molar-refractivity contribution in [2.75, 3.05) is 11.4 Å². The van der Waals surface area contributed by atoms with Crippen LogP contribution in [-0.2, 0) is 32.3 Å². The van der Waals surface area contributed by atoms with Gasteiger partial charge in [-0.15, -0.1) is 5.10 Å². The van der Waals surface area contributed by atoms with Crippen LogP contribution in [0.1, 0.15) is 94.6 Å². The summed E-state index contributed by atoms with van der Waals surface area (Å²) >= 11 is 0. The molecule has 3 atom stereocenters. The Labute approximate surface area is 263 Å². The molecule has 5 rings (SSSR count). The van der Waals surface area contributed by atoms with Crippen molar-refractivity contribution in [1.29, 1.82) is 0 Å². The third kappa shape index (κ3) is 6.84. The SMILES string of the molecule is C=C1CC[C@H]2C(C)(C)CCC[C@]2(C)[C@H]1C/C=C(/C=O)CC(=O)OCc1cn(CCCCN2C(=O)C(=O)c3cc(F)ccc32)nn1. The Morgan fingerprint density at radius 1 is 1.18 bits per heavy atom. The first-order chi connectivity index (χ1) is 21.4. The first kappa shape index (κ1) is 32.4. The number of carbonyl (C=O) groups is 4. The Bertz CT molecular complexity index is 1530. The lowest BCUT2D eigenvalue weighted by Gasteiger charge is -2.58. The monoisotopic (exact) mass is 618 g/mol. The van der Waals surface area contributed by atoms with Gasteiger partial charge in [0.15, 0.2) is 0 Å². The maximum atomic E-state index is 13.5. The number of halogens is 1. The predicted octanol–water partition coefficient (Wildman–Crippen LogP) is 6.17. The van der Waals surface area contributed by atoms with Gasteiger partial charge < -0.3 is 9.64 Å². The number of ketones is 1. The molecule has 0 unspecified atom stereocenters. The first-order valence-corrected chi connectivity index (χ1v) is 15.9. The normalized spacial score (nSPS) is 24.4. The maximum absolute atomic E-state index is 13.5. The number of unbranched alkanes of at least 4 members (excludes halogenated alkanes) is 1. The number of rotatable bonds is 12. The number of carbonyl (C=O) groups excluding carboxylic acids is 4. The highest BCUT2D eigenvalue weighted by Gasteiger charge is 2.52. The second-order valence-corrected chi connectivity index (χ2v) is 13.7. The van der Waals surface area contributed by atoms with E-state index in [9.17, 15) is 23.6 Å². The van der Waals surface area contributed by atoms with Crippen molar-refractivity contribution in [2.45, 2.75) is 91.7 Å². The molecule has 2 aliphatic carbocycles. The van der Waals surface area contributed by atoms with Crippen molar-refractivity contribution in [1.82, 2.24) is 15.0 Å². The number of aromatic nitrogens is 3. The van der Waals surface area contributed by atoms with Crippen molar-refractivity contribution in [3.63, 3.8) is 0 Å². The van der Waals surface area contributed by atoms with Gasteiger partial charge in [0, 0.05) is 13.1 Å². The quantitative estimate of drug-likeness (QED) is 0.0698. The molecule has 240 valence electrons. The Morgan fingerprint density at radius 3 is 2.73 bits per heavy atom. The molecule has 0 N–H and O–H groups in total. The lowest BCUT2D eigenvalue weighted by atomic mass is 9.47. The summed E-state index contributed by atoms with van der Waals surface area (Å²) in [6, 6.07) is 3.78. The van der Waals surface area contributed by atoms with E-state index < -0.39 is 23.5 Å². The summed E-state index contributed by atoms with van der Waals surface area (Å²) in [5, 5.41) is 8.14. The number of aryl methyl sites for hydroxylation is 1. The van der Waals surface area contributed by atoms with E-state index in [1.165, 1.54) is 41.9 Å². The average Bonchev–Trinajstić information content (AvgIpc) is 3.54. The smallest absolute Gasteiger partial charge is 0.310 e. The van der Waals surface area contributed by atoms with E-state index in [-0.39, 0.29) is 29.9 Å². The van der Waals surface area contributed by atoms with Gasteiger partial charge in [-0.05, 0) is 91.4 Å². The van der Waals surface area contributed by atoms with Crippen molar-refractivity contribution in [3.8, 4) is 0 Å².